The van der Waals surface area contributed by atoms with Crippen molar-refractivity contribution in [3.63, 3.8) is 0 Å². The maximum Gasteiger partial charge on any atom is 0.127 e. The van der Waals surface area contributed by atoms with Gasteiger partial charge in [-0.25, -0.2) is 4.98 Å². The number of imidazole rings is 1. The Hall–Kier alpha value is -2.01. The van der Waals surface area contributed by atoms with Crippen LogP contribution >= 0.6 is 0 Å². The van der Waals surface area contributed by atoms with Crippen LogP contribution in [0.25, 0.3) is 0 Å². The molecular formula is C13H15N3O2. The van der Waals surface area contributed by atoms with Gasteiger partial charge in [-0.15, -0.1) is 0 Å². The zero-order valence-corrected chi connectivity index (χ0v) is 10.1. The second-order valence-electron chi connectivity index (χ2n) is 4.45. The summed E-state index contributed by atoms with van der Waals surface area (Å²) < 4.78 is 5.56. The van der Waals surface area contributed by atoms with Gasteiger partial charge in [0.25, 0.3) is 0 Å². The fourth-order valence-corrected chi connectivity index (χ4v) is 2.23. The lowest BCUT2D eigenvalue weighted by molar-refractivity contribution is 0.298. The first-order valence-corrected chi connectivity index (χ1v) is 5.95. The van der Waals surface area contributed by atoms with Gasteiger partial charge in [-0.2, -0.15) is 0 Å². The van der Waals surface area contributed by atoms with Crippen molar-refractivity contribution in [1.29, 1.82) is 0 Å². The van der Waals surface area contributed by atoms with Crippen molar-refractivity contribution in [3.05, 3.63) is 42.0 Å². The fraction of sp³-hybridized carbons (Fsp3) is 0.308. The Morgan fingerprint density at radius 2 is 2.44 bits per heavy atom. The van der Waals surface area contributed by atoms with Crippen LogP contribution in [0, 0.1) is 0 Å². The topological polar surface area (TPSA) is 70.2 Å². The van der Waals surface area contributed by atoms with Gasteiger partial charge in [0.1, 0.15) is 23.9 Å². The number of H-pyrrole nitrogens is 1. The van der Waals surface area contributed by atoms with E-state index in [4.69, 9.17) is 4.74 Å². The van der Waals surface area contributed by atoms with Crippen molar-refractivity contribution in [2.75, 3.05) is 6.61 Å². The van der Waals surface area contributed by atoms with Crippen LogP contribution in [0.15, 0.2) is 30.6 Å². The number of phenolic OH excluding ortho intramolecular Hbond substituents is 1. The van der Waals surface area contributed by atoms with Crippen molar-refractivity contribution in [1.82, 2.24) is 15.3 Å². The molecule has 0 saturated carbocycles. The first kappa shape index (κ1) is 11.1. The molecule has 0 bridgehead atoms. The third-order valence-electron chi connectivity index (χ3n) is 3.16. The molecule has 1 aliphatic rings. The number of aromatic nitrogens is 2. The van der Waals surface area contributed by atoms with Crippen LogP contribution in [0.1, 0.15) is 30.4 Å². The summed E-state index contributed by atoms with van der Waals surface area (Å²) >= 11 is 0. The molecule has 2 unspecified atom stereocenters. The molecule has 3 N–H and O–H groups in total. The van der Waals surface area contributed by atoms with E-state index in [0.29, 0.717) is 6.61 Å². The van der Waals surface area contributed by atoms with Gasteiger partial charge in [0.2, 0.25) is 0 Å². The molecule has 0 spiro atoms. The van der Waals surface area contributed by atoms with E-state index in [0.717, 1.165) is 17.1 Å². The SMILES string of the molecule is CC(NC1COc2cc(O)ccc21)c1ncc[nH]1. The largest absolute Gasteiger partial charge is 0.508 e. The molecule has 0 saturated heterocycles. The van der Waals surface area contributed by atoms with Crippen molar-refractivity contribution in [2.45, 2.75) is 19.0 Å². The Labute approximate surface area is 105 Å². The number of benzene rings is 1. The van der Waals surface area contributed by atoms with Crippen LogP contribution < -0.4 is 10.1 Å². The van der Waals surface area contributed by atoms with Crippen LogP contribution in [-0.2, 0) is 0 Å². The average Bonchev–Trinajstić information content (AvgIpc) is 2.98. The van der Waals surface area contributed by atoms with E-state index in [1.165, 1.54) is 0 Å². The molecule has 0 fully saturated rings. The molecule has 18 heavy (non-hydrogen) atoms. The number of nitrogens with one attached hydrogen (secondary N) is 2. The van der Waals surface area contributed by atoms with Crippen molar-refractivity contribution in [3.8, 4) is 11.5 Å². The van der Waals surface area contributed by atoms with E-state index in [1.54, 1.807) is 18.3 Å². The number of hydrogen-bond acceptors (Lipinski definition) is 4. The van der Waals surface area contributed by atoms with E-state index in [2.05, 4.69) is 22.2 Å². The van der Waals surface area contributed by atoms with Gasteiger partial charge in [0.05, 0.1) is 12.1 Å². The summed E-state index contributed by atoms with van der Waals surface area (Å²) in [6, 6.07) is 5.47. The third kappa shape index (κ3) is 1.93. The molecule has 0 amide bonds. The highest BCUT2D eigenvalue weighted by atomic mass is 16.5. The molecule has 0 radical (unpaired) electrons. The van der Waals surface area contributed by atoms with Gasteiger partial charge in [-0.3, -0.25) is 5.32 Å². The second-order valence-corrected chi connectivity index (χ2v) is 4.45. The van der Waals surface area contributed by atoms with Crippen molar-refractivity contribution in [2.24, 2.45) is 0 Å². The molecule has 2 atom stereocenters. The standard InChI is InChI=1S/C13H15N3O2/c1-8(13-14-4-5-15-13)16-11-7-18-12-6-9(17)2-3-10(11)12/h2-6,8,11,16-17H,7H2,1H3,(H,14,15). The predicted molar refractivity (Wildman–Crippen MR) is 66.5 cm³/mol. The Kier molecular flexibility index (Phi) is 2.68. The van der Waals surface area contributed by atoms with Crippen LogP contribution in [-0.4, -0.2) is 21.7 Å². The molecule has 5 nitrogen and oxygen atoms in total. The first-order valence-electron chi connectivity index (χ1n) is 5.95. The van der Waals surface area contributed by atoms with Crippen LogP contribution in [0.5, 0.6) is 11.5 Å². The Morgan fingerprint density at radius 3 is 3.22 bits per heavy atom. The Morgan fingerprint density at radius 1 is 1.56 bits per heavy atom. The van der Waals surface area contributed by atoms with Crippen LogP contribution in [0.2, 0.25) is 0 Å². The summed E-state index contributed by atoms with van der Waals surface area (Å²) in [7, 11) is 0. The van der Waals surface area contributed by atoms with Crippen molar-refractivity contribution < 1.29 is 9.84 Å². The predicted octanol–water partition coefficient (Wildman–Crippen LogP) is 1.90. The molecule has 1 aromatic carbocycles. The third-order valence-corrected chi connectivity index (χ3v) is 3.16. The van der Waals surface area contributed by atoms with Crippen molar-refractivity contribution >= 4 is 0 Å². The summed E-state index contributed by atoms with van der Waals surface area (Å²) in [4.78, 5) is 7.32. The maximum absolute atomic E-state index is 9.40. The quantitative estimate of drug-likeness (QED) is 0.772. The Bertz CT molecular complexity index is 539. The summed E-state index contributed by atoms with van der Waals surface area (Å²) in [6.45, 7) is 2.63. The van der Waals surface area contributed by atoms with Gasteiger partial charge in [0.15, 0.2) is 0 Å². The maximum atomic E-state index is 9.40. The summed E-state index contributed by atoms with van der Waals surface area (Å²) in [5.41, 5.74) is 1.08. The lowest BCUT2D eigenvalue weighted by Crippen LogP contribution is -2.26. The van der Waals surface area contributed by atoms with Gasteiger partial charge < -0.3 is 14.8 Å². The number of phenols is 1. The molecule has 2 heterocycles. The number of ether oxygens (including phenoxy) is 1. The lowest BCUT2D eigenvalue weighted by Gasteiger charge is -2.16. The summed E-state index contributed by atoms with van der Waals surface area (Å²) in [5.74, 6) is 1.88. The number of rotatable bonds is 3. The lowest BCUT2D eigenvalue weighted by atomic mass is 10.1. The van der Waals surface area contributed by atoms with Gasteiger partial charge in [-0.05, 0) is 19.1 Å². The van der Waals surface area contributed by atoms with E-state index in [-0.39, 0.29) is 17.8 Å². The van der Waals surface area contributed by atoms with E-state index >= 15 is 0 Å². The van der Waals surface area contributed by atoms with Gasteiger partial charge >= 0.3 is 0 Å². The number of aromatic hydroxyl groups is 1. The minimum atomic E-state index is 0.119. The van der Waals surface area contributed by atoms with E-state index < -0.39 is 0 Å². The number of nitrogens with zero attached hydrogens (tertiary/aromatic N) is 1. The fourth-order valence-electron chi connectivity index (χ4n) is 2.23. The first-order chi connectivity index (χ1) is 8.74. The second kappa shape index (κ2) is 4.34. The van der Waals surface area contributed by atoms with Crippen LogP contribution in [0.3, 0.4) is 0 Å². The zero-order valence-electron chi connectivity index (χ0n) is 10.1. The minimum Gasteiger partial charge on any atom is -0.508 e. The molecule has 1 aliphatic heterocycles. The monoisotopic (exact) mass is 245 g/mol. The summed E-state index contributed by atoms with van der Waals surface area (Å²) in [6.07, 6.45) is 3.55. The number of fused-ring (bicyclic) bond motifs is 1. The number of aromatic amines is 1. The average molecular weight is 245 g/mol. The smallest absolute Gasteiger partial charge is 0.127 e. The molecule has 2 aromatic rings. The molecule has 1 aromatic heterocycles. The molecular weight excluding hydrogens is 230 g/mol. The highest BCUT2D eigenvalue weighted by molar-refractivity contribution is 5.44. The molecule has 0 aliphatic carbocycles. The van der Waals surface area contributed by atoms with E-state index in [9.17, 15) is 5.11 Å². The normalized spacial score (nSPS) is 19.3. The molecule has 94 valence electrons. The molecule has 5 heteroatoms. The minimum absolute atomic E-state index is 0.119. The number of hydrogen-bond donors (Lipinski definition) is 3. The highest BCUT2D eigenvalue weighted by Gasteiger charge is 2.26. The van der Waals surface area contributed by atoms with E-state index in [1.807, 2.05) is 12.3 Å². The Balaban J connectivity index is 1.77. The van der Waals surface area contributed by atoms with Gasteiger partial charge in [-0.1, -0.05) is 0 Å². The summed E-state index contributed by atoms with van der Waals surface area (Å²) in [5, 5.41) is 12.9. The molecule has 3 rings (SSSR count). The van der Waals surface area contributed by atoms with Gasteiger partial charge in [0, 0.05) is 24.0 Å². The van der Waals surface area contributed by atoms with Crippen LogP contribution in [0.4, 0.5) is 0 Å². The highest BCUT2D eigenvalue weighted by Crippen LogP contribution is 2.35. The zero-order chi connectivity index (χ0) is 12.5.